The first-order valence-electron chi connectivity index (χ1n) is 10.9. The van der Waals surface area contributed by atoms with Crippen molar-refractivity contribution in [1.29, 1.82) is 0 Å². The van der Waals surface area contributed by atoms with Gasteiger partial charge in [-0.3, -0.25) is 14.4 Å². The van der Waals surface area contributed by atoms with Gasteiger partial charge in [0.05, 0.1) is 11.8 Å². The monoisotopic (exact) mass is 404 g/mol. The summed E-state index contributed by atoms with van der Waals surface area (Å²) in [5.74, 6) is -1.57. The van der Waals surface area contributed by atoms with Gasteiger partial charge in [0.2, 0.25) is 0 Å². The van der Waals surface area contributed by atoms with Crippen molar-refractivity contribution >= 4 is 17.7 Å². The van der Waals surface area contributed by atoms with E-state index in [9.17, 15) is 19.5 Å². The number of rotatable bonds is 6. The van der Waals surface area contributed by atoms with E-state index in [1.165, 1.54) is 0 Å². The van der Waals surface area contributed by atoms with Gasteiger partial charge in [0, 0.05) is 12.0 Å². The van der Waals surface area contributed by atoms with E-state index in [1.807, 2.05) is 13.0 Å². The summed E-state index contributed by atoms with van der Waals surface area (Å²) in [4.78, 5) is 36.0. The fourth-order valence-electron chi connectivity index (χ4n) is 5.46. The van der Waals surface area contributed by atoms with Crippen molar-refractivity contribution in [2.75, 3.05) is 0 Å². The summed E-state index contributed by atoms with van der Waals surface area (Å²) >= 11 is 0. The minimum Gasteiger partial charge on any atom is -0.481 e. The van der Waals surface area contributed by atoms with Crippen molar-refractivity contribution in [3.05, 3.63) is 23.3 Å². The van der Waals surface area contributed by atoms with Gasteiger partial charge in [0.1, 0.15) is 0 Å². The summed E-state index contributed by atoms with van der Waals surface area (Å²) in [6.07, 6.45) is 9.68. The number of allylic oxidation sites excluding steroid dienone is 4. The SMILES string of the molecule is CC(C)C1=C/CCCC2C(C)(C/C=C\1C(=O)CCC(=O)O)CCCC2(C)C(=O)O. The van der Waals surface area contributed by atoms with Gasteiger partial charge in [-0.2, -0.15) is 0 Å². The molecule has 1 fully saturated rings. The highest BCUT2D eigenvalue weighted by atomic mass is 16.4. The Labute approximate surface area is 174 Å². The average molecular weight is 405 g/mol. The largest absolute Gasteiger partial charge is 0.481 e. The number of fused-ring (bicyclic) bond motifs is 1. The zero-order chi connectivity index (χ0) is 21.8. The molecule has 0 spiro atoms. The van der Waals surface area contributed by atoms with Crippen molar-refractivity contribution in [1.82, 2.24) is 0 Å². The molecule has 3 atom stereocenters. The molecule has 2 aliphatic carbocycles. The summed E-state index contributed by atoms with van der Waals surface area (Å²) in [7, 11) is 0. The van der Waals surface area contributed by atoms with Gasteiger partial charge in [0.25, 0.3) is 0 Å². The van der Waals surface area contributed by atoms with Crippen LogP contribution in [0.3, 0.4) is 0 Å². The Morgan fingerprint density at radius 1 is 1.07 bits per heavy atom. The molecule has 0 saturated heterocycles. The number of aliphatic carboxylic acids is 2. The lowest BCUT2D eigenvalue weighted by atomic mass is 9.53. The Morgan fingerprint density at radius 3 is 2.34 bits per heavy atom. The molecule has 5 nitrogen and oxygen atoms in total. The molecular weight excluding hydrogens is 368 g/mol. The highest BCUT2D eigenvalue weighted by Gasteiger charge is 2.52. The highest BCUT2D eigenvalue weighted by molar-refractivity contribution is 6.00. The van der Waals surface area contributed by atoms with Crippen molar-refractivity contribution in [2.24, 2.45) is 22.7 Å². The number of Topliss-reactive ketones (excluding diaryl/α,β-unsaturated/α-hetero) is 1. The molecule has 1 saturated carbocycles. The molecule has 3 unspecified atom stereocenters. The third-order valence-corrected chi connectivity index (χ3v) is 7.18. The second kappa shape index (κ2) is 9.27. The van der Waals surface area contributed by atoms with Gasteiger partial charge in [0.15, 0.2) is 5.78 Å². The summed E-state index contributed by atoms with van der Waals surface area (Å²) in [6, 6.07) is 0. The predicted octanol–water partition coefficient (Wildman–Crippen LogP) is 5.40. The van der Waals surface area contributed by atoms with E-state index in [4.69, 9.17) is 5.11 Å². The first-order chi connectivity index (χ1) is 13.5. The fourth-order valence-corrected chi connectivity index (χ4v) is 5.46. The van der Waals surface area contributed by atoms with Crippen LogP contribution in [0.1, 0.15) is 85.5 Å². The van der Waals surface area contributed by atoms with Gasteiger partial charge in [-0.15, -0.1) is 0 Å². The number of ketones is 1. The summed E-state index contributed by atoms with van der Waals surface area (Å²) < 4.78 is 0. The minimum atomic E-state index is -0.967. The Morgan fingerprint density at radius 2 is 1.76 bits per heavy atom. The Hall–Kier alpha value is -1.91. The van der Waals surface area contributed by atoms with Crippen LogP contribution in [0.2, 0.25) is 0 Å². The van der Waals surface area contributed by atoms with Crippen LogP contribution in [0.15, 0.2) is 23.3 Å². The van der Waals surface area contributed by atoms with Crippen LogP contribution in [-0.2, 0) is 14.4 Å². The number of carboxylic acid groups (broad SMARTS) is 2. The molecule has 0 aromatic heterocycles. The fraction of sp³-hybridized carbons (Fsp3) is 0.708. The lowest BCUT2D eigenvalue weighted by molar-refractivity contribution is -0.160. The standard InChI is InChI=1S/C24H36O5/c1-16(2)17-8-5-6-9-20-23(3,13-7-14-24(20,4)22(28)29)15-12-18(17)19(25)10-11-21(26)27/h8,12,16,20H,5-7,9-11,13-15H2,1-4H3,(H,26,27)(H,28,29)/b17-8-,18-12+. The molecule has 0 aromatic rings. The van der Waals surface area contributed by atoms with E-state index in [2.05, 4.69) is 26.8 Å². The molecule has 29 heavy (non-hydrogen) atoms. The number of hydrogen-bond acceptors (Lipinski definition) is 3. The average Bonchev–Trinajstić information content (AvgIpc) is 2.63. The van der Waals surface area contributed by atoms with Crippen molar-refractivity contribution in [3.8, 4) is 0 Å². The minimum absolute atomic E-state index is 0.00178. The van der Waals surface area contributed by atoms with Gasteiger partial charge >= 0.3 is 11.9 Å². The van der Waals surface area contributed by atoms with E-state index in [0.29, 0.717) is 18.4 Å². The molecule has 2 rings (SSSR count). The molecule has 0 amide bonds. The number of carbonyl (C=O) groups is 3. The smallest absolute Gasteiger partial charge is 0.309 e. The second-order valence-corrected chi connectivity index (χ2v) is 9.67. The molecule has 2 aliphatic rings. The zero-order valence-electron chi connectivity index (χ0n) is 18.3. The lowest BCUT2D eigenvalue weighted by Crippen LogP contribution is -2.48. The summed E-state index contributed by atoms with van der Waals surface area (Å²) in [6.45, 7) is 8.18. The van der Waals surface area contributed by atoms with Gasteiger partial charge in [-0.1, -0.05) is 39.3 Å². The van der Waals surface area contributed by atoms with Crippen LogP contribution in [0.5, 0.6) is 0 Å². The van der Waals surface area contributed by atoms with E-state index in [1.54, 1.807) is 0 Å². The number of carboxylic acids is 2. The molecule has 162 valence electrons. The van der Waals surface area contributed by atoms with E-state index >= 15 is 0 Å². The predicted molar refractivity (Wildman–Crippen MR) is 113 cm³/mol. The van der Waals surface area contributed by atoms with E-state index in [-0.39, 0.29) is 35.9 Å². The van der Waals surface area contributed by atoms with Crippen LogP contribution in [-0.4, -0.2) is 27.9 Å². The molecule has 0 aliphatic heterocycles. The normalized spacial score (nSPS) is 34.3. The zero-order valence-corrected chi connectivity index (χ0v) is 18.3. The molecule has 0 bridgehead atoms. The van der Waals surface area contributed by atoms with Crippen molar-refractivity contribution in [3.63, 3.8) is 0 Å². The second-order valence-electron chi connectivity index (χ2n) is 9.67. The number of carbonyl (C=O) groups excluding carboxylic acids is 1. The van der Waals surface area contributed by atoms with E-state index in [0.717, 1.165) is 37.7 Å². The van der Waals surface area contributed by atoms with Crippen LogP contribution in [0.4, 0.5) is 0 Å². The van der Waals surface area contributed by atoms with Gasteiger partial charge < -0.3 is 10.2 Å². The van der Waals surface area contributed by atoms with Crippen molar-refractivity contribution < 1.29 is 24.6 Å². The van der Waals surface area contributed by atoms with Crippen LogP contribution in [0.25, 0.3) is 0 Å². The van der Waals surface area contributed by atoms with Gasteiger partial charge in [-0.25, -0.2) is 0 Å². The molecule has 0 radical (unpaired) electrons. The first-order valence-corrected chi connectivity index (χ1v) is 10.9. The van der Waals surface area contributed by atoms with Gasteiger partial charge in [-0.05, 0) is 68.3 Å². The van der Waals surface area contributed by atoms with Crippen LogP contribution in [0, 0.1) is 22.7 Å². The van der Waals surface area contributed by atoms with Crippen LogP contribution >= 0.6 is 0 Å². The van der Waals surface area contributed by atoms with Crippen LogP contribution < -0.4 is 0 Å². The summed E-state index contributed by atoms with van der Waals surface area (Å²) in [5.41, 5.74) is 0.728. The molecule has 0 aromatic carbocycles. The molecule has 5 heteroatoms. The lowest BCUT2D eigenvalue weighted by Gasteiger charge is -2.50. The highest BCUT2D eigenvalue weighted by Crippen LogP contribution is 2.55. The Balaban J connectivity index is 2.44. The summed E-state index contributed by atoms with van der Waals surface area (Å²) in [5, 5.41) is 19.0. The Kier molecular flexibility index (Phi) is 7.47. The molecular formula is C24H36O5. The van der Waals surface area contributed by atoms with E-state index < -0.39 is 17.4 Å². The maximum atomic E-state index is 12.9. The first kappa shape index (κ1) is 23.4. The maximum absolute atomic E-state index is 12.9. The third kappa shape index (κ3) is 5.18. The van der Waals surface area contributed by atoms with Crippen molar-refractivity contribution in [2.45, 2.75) is 85.5 Å². The molecule has 0 heterocycles. The molecule has 2 N–H and O–H groups in total. The maximum Gasteiger partial charge on any atom is 0.309 e. The number of hydrogen-bond donors (Lipinski definition) is 2. The Bertz CT molecular complexity index is 717. The third-order valence-electron chi connectivity index (χ3n) is 7.18. The quantitative estimate of drug-likeness (QED) is 0.618. The topological polar surface area (TPSA) is 91.7 Å².